The predicted octanol–water partition coefficient (Wildman–Crippen LogP) is 2.58. The highest BCUT2D eigenvalue weighted by Gasteiger charge is 2.15. The van der Waals surface area contributed by atoms with Gasteiger partial charge in [-0.2, -0.15) is 0 Å². The van der Waals surface area contributed by atoms with Gasteiger partial charge in [-0.1, -0.05) is 36.4 Å². The van der Waals surface area contributed by atoms with Crippen LogP contribution in [0.15, 0.2) is 42.5 Å². The SMILES string of the molecule is CCN(CC)C(=O)/C=C/[C@@H](c1ccccc1)[C@H](C)O. The Morgan fingerprint density at radius 1 is 1.26 bits per heavy atom. The van der Waals surface area contributed by atoms with Gasteiger partial charge in [-0.15, -0.1) is 0 Å². The molecule has 2 atom stereocenters. The van der Waals surface area contributed by atoms with Crippen molar-refractivity contribution in [1.82, 2.24) is 4.90 Å². The molecule has 1 N–H and O–H groups in total. The zero-order valence-corrected chi connectivity index (χ0v) is 11.9. The first-order valence-electron chi connectivity index (χ1n) is 6.80. The molecular weight excluding hydrogens is 238 g/mol. The Morgan fingerprint density at radius 2 is 1.84 bits per heavy atom. The minimum Gasteiger partial charge on any atom is -0.392 e. The highest BCUT2D eigenvalue weighted by molar-refractivity contribution is 5.87. The first-order valence-corrected chi connectivity index (χ1v) is 6.80. The van der Waals surface area contributed by atoms with Gasteiger partial charge in [0.1, 0.15) is 0 Å². The first kappa shape index (κ1) is 15.4. The summed E-state index contributed by atoms with van der Waals surface area (Å²) in [5.74, 6) is -0.160. The van der Waals surface area contributed by atoms with E-state index in [0.717, 1.165) is 5.56 Å². The number of nitrogens with zero attached hydrogens (tertiary/aromatic N) is 1. The Hall–Kier alpha value is -1.61. The summed E-state index contributed by atoms with van der Waals surface area (Å²) in [7, 11) is 0. The van der Waals surface area contributed by atoms with Gasteiger partial charge in [0.25, 0.3) is 0 Å². The molecule has 0 aromatic heterocycles. The predicted molar refractivity (Wildman–Crippen MR) is 77.9 cm³/mol. The van der Waals surface area contributed by atoms with E-state index >= 15 is 0 Å². The van der Waals surface area contributed by atoms with E-state index in [1.807, 2.05) is 44.2 Å². The second-order valence-electron chi connectivity index (χ2n) is 4.55. The summed E-state index contributed by atoms with van der Waals surface area (Å²) in [4.78, 5) is 13.7. The van der Waals surface area contributed by atoms with Gasteiger partial charge in [0.2, 0.25) is 5.91 Å². The van der Waals surface area contributed by atoms with Crippen LogP contribution in [-0.2, 0) is 4.79 Å². The molecule has 1 rings (SSSR count). The van der Waals surface area contributed by atoms with Crippen molar-refractivity contribution in [3.05, 3.63) is 48.0 Å². The number of aliphatic hydroxyl groups is 1. The minimum atomic E-state index is -0.525. The van der Waals surface area contributed by atoms with Gasteiger partial charge in [0.15, 0.2) is 0 Å². The number of likely N-dealkylation sites (N-methyl/N-ethyl adjacent to an activating group) is 1. The molecule has 0 aliphatic rings. The number of aliphatic hydroxyl groups excluding tert-OH is 1. The topological polar surface area (TPSA) is 40.5 Å². The van der Waals surface area contributed by atoms with Crippen LogP contribution < -0.4 is 0 Å². The van der Waals surface area contributed by atoms with Gasteiger partial charge < -0.3 is 10.0 Å². The number of rotatable bonds is 6. The van der Waals surface area contributed by atoms with E-state index in [1.54, 1.807) is 24.0 Å². The van der Waals surface area contributed by atoms with Crippen molar-refractivity contribution < 1.29 is 9.90 Å². The number of carbonyl (C=O) groups excluding carboxylic acids is 1. The quantitative estimate of drug-likeness (QED) is 0.800. The second kappa shape index (κ2) is 7.74. The number of benzene rings is 1. The molecule has 0 radical (unpaired) electrons. The van der Waals surface area contributed by atoms with Crippen molar-refractivity contribution in [2.45, 2.75) is 32.8 Å². The smallest absolute Gasteiger partial charge is 0.246 e. The standard InChI is InChI=1S/C16H23NO2/c1-4-17(5-2)16(19)12-11-15(13(3)18)14-9-7-6-8-10-14/h6-13,15,18H,4-5H2,1-3H3/b12-11+/t13-,15+/m0/s1. The van der Waals surface area contributed by atoms with Crippen LogP contribution in [0.2, 0.25) is 0 Å². The molecule has 0 aliphatic heterocycles. The van der Waals surface area contributed by atoms with Gasteiger partial charge in [-0.05, 0) is 32.4 Å². The molecule has 19 heavy (non-hydrogen) atoms. The second-order valence-corrected chi connectivity index (χ2v) is 4.55. The fourth-order valence-electron chi connectivity index (χ4n) is 2.05. The Bertz CT molecular complexity index is 408. The average molecular weight is 261 g/mol. The van der Waals surface area contributed by atoms with Gasteiger partial charge in [-0.3, -0.25) is 4.79 Å². The molecule has 0 saturated heterocycles. The molecule has 0 spiro atoms. The lowest BCUT2D eigenvalue weighted by Gasteiger charge is -2.19. The molecule has 104 valence electrons. The van der Waals surface area contributed by atoms with E-state index < -0.39 is 6.10 Å². The molecule has 1 aromatic carbocycles. The van der Waals surface area contributed by atoms with E-state index in [-0.39, 0.29) is 11.8 Å². The molecule has 1 amide bonds. The Kier molecular flexibility index (Phi) is 6.30. The average Bonchev–Trinajstić information content (AvgIpc) is 2.41. The fourth-order valence-corrected chi connectivity index (χ4v) is 2.05. The lowest BCUT2D eigenvalue weighted by atomic mass is 9.94. The third-order valence-corrected chi connectivity index (χ3v) is 3.23. The summed E-state index contributed by atoms with van der Waals surface area (Å²) >= 11 is 0. The van der Waals surface area contributed by atoms with Crippen molar-refractivity contribution >= 4 is 5.91 Å². The van der Waals surface area contributed by atoms with Crippen LogP contribution in [0.1, 0.15) is 32.3 Å². The van der Waals surface area contributed by atoms with E-state index in [9.17, 15) is 9.90 Å². The number of hydrogen-bond acceptors (Lipinski definition) is 2. The summed E-state index contributed by atoms with van der Waals surface area (Å²) in [5.41, 5.74) is 1.01. The van der Waals surface area contributed by atoms with Crippen LogP contribution in [-0.4, -0.2) is 35.1 Å². The van der Waals surface area contributed by atoms with Gasteiger partial charge in [-0.25, -0.2) is 0 Å². The Balaban J connectivity index is 2.83. The van der Waals surface area contributed by atoms with E-state index in [4.69, 9.17) is 0 Å². The number of carbonyl (C=O) groups is 1. The maximum atomic E-state index is 11.9. The van der Waals surface area contributed by atoms with Gasteiger partial charge in [0.05, 0.1) is 6.10 Å². The zero-order valence-electron chi connectivity index (χ0n) is 11.9. The molecule has 0 aliphatic carbocycles. The molecule has 0 heterocycles. The Morgan fingerprint density at radius 3 is 2.32 bits per heavy atom. The van der Waals surface area contributed by atoms with Crippen molar-refractivity contribution in [3.63, 3.8) is 0 Å². The zero-order chi connectivity index (χ0) is 14.3. The van der Waals surface area contributed by atoms with Crippen LogP contribution in [0.3, 0.4) is 0 Å². The molecule has 3 nitrogen and oxygen atoms in total. The normalized spacial score (nSPS) is 14.3. The third-order valence-electron chi connectivity index (χ3n) is 3.23. The maximum Gasteiger partial charge on any atom is 0.246 e. The van der Waals surface area contributed by atoms with Crippen LogP contribution in [0, 0.1) is 0 Å². The summed E-state index contributed by atoms with van der Waals surface area (Å²) in [6.07, 6.45) is 2.83. The highest BCUT2D eigenvalue weighted by atomic mass is 16.3. The molecule has 0 bridgehead atoms. The van der Waals surface area contributed by atoms with E-state index in [2.05, 4.69) is 0 Å². The third kappa shape index (κ3) is 4.52. The summed E-state index contributed by atoms with van der Waals surface area (Å²) in [5, 5.41) is 9.86. The first-order chi connectivity index (χ1) is 9.10. The van der Waals surface area contributed by atoms with E-state index in [0.29, 0.717) is 13.1 Å². The van der Waals surface area contributed by atoms with Crippen molar-refractivity contribution in [2.24, 2.45) is 0 Å². The summed E-state index contributed by atoms with van der Waals surface area (Å²) < 4.78 is 0. The molecular formula is C16H23NO2. The summed E-state index contributed by atoms with van der Waals surface area (Å²) in [6.45, 7) is 7.05. The lowest BCUT2D eigenvalue weighted by Crippen LogP contribution is -2.29. The van der Waals surface area contributed by atoms with Crippen LogP contribution in [0.4, 0.5) is 0 Å². The van der Waals surface area contributed by atoms with Crippen LogP contribution in [0.5, 0.6) is 0 Å². The molecule has 0 fully saturated rings. The van der Waals surface area contributed by atoms with Gasteiger partial charge in [0, 0.05) is 19.0 Å². The Labute approximate surface area is 115 Å². The van der Waals surface area contributed by atoms with E-state index in [1.165, 1.54) is 0 Å². The van der Waals surface area contributed by atoms with Crippen molar-refractivity contribution in [1.29, 1.82) is 0 Å². The molecule has 0 unspecified atom stereocenters. The lowest BCUT2D eigenvalue weighted by molar-refractivity contribution is -0.125. The molecule has 1 aromatic rings. The largest absolute Gasteiger partial charge is 0.392 e. The monoisotopic (exact) mass is 261 g/mol. The highest BCUT2D eigenvalue weighted by Crippen LogP contribution is 2.21. The van der Waals surface area contributed by atoms with Crippen molar-refractivity contribution in [3.8, 4) is 0 Å². The van der Waals surface area contributed by atoms with Crippen LogP contribution >= 0.6 is 0 Å². The van der Waals surface area contributed by atoms with Crippen LogP contribution in [0.25, 0.3) is 0 Å². The fraction of sp³-hybridized carbons (Fsp3) is 0.438. The van der Waals surface area contributed by atoms with Gasteiger partial charge >= 0.3 is 0 Å². The number of amides is 1. The molecule has 0 saturated carbocycles. The number of hydrogen-bond donors (Lipinski definition) is 1. The summed E-state index contributed by atoms with van der Waals surface area (Å²) in [6, 6.07) is 9.73. The molecule has 3 heteroatoms. The minimum absolute atomic E-state index is 0.00780. The van der Waals surface area contributed by atoms with Crippen molar-refractivity contribution in [2.75, 3.05) is 13.1 Å². The maximum absolute atomic E-state index is 11.9.